The first-order valence-corrected chi connectivity index (χ1v) is 10.8. The van der Waals surface area contributed by atoms with E-state index in [4.69, 9.17) is 18.7 Å². The van der Waals surface area contributed by atoms with Crippen LogP contribution < -0.4 is 19.5 Å². The highest BCUT2D eigenvalue weighted by Crippen LogP contribution is 2.29. The summed E-state index contributed by atoms with van der Waals surface area (Å²) in [6.07, 6.45) is 2.16. The second-order valence-electron chi connectivity index (χ2n) is 7.68. The zero-order chi connectivity index (χ0) is 24.5. The number of aryl methyl sites for hydroxylation is 3. The normalized spacial score (nSPS) is 11.0. The molecule has 8 heteroatoms. The van der Waals surface area contributed by atoms with Crippen LogP contribution in [-0.2, 0) is 4.79 Å². The van der Waals surface area contributed by atoms with Gasteiger partial charge in [-0.05, 0) is 61.7 Å². The number of nitrogens with zero attached hydrogens (tertiary/aromatic N) is 2. The number of nitriles is 1. The molecule has 1 aromatic heterocycles. The number of amides is 1. The molecule has 1 N–H and O–H groups in total. The summed E-state index contributed by atoms with van der Waals surface area (Å²) in [6, 6.07) is 14.8. The van der Waals surface area contributed by atoms with Gasteiger partial charge in [0.2, 0.25) is 0 Å². The van der Waals surface area contributed by atoms with Crippen molar-refractivity contribution in [3.63, 3.8) is 0 Å². The van der Waals surface area contributed by atoms with E-state index in [0.717, 1.165) is 16.9 Å². The molecule has 0 aliphatic heterocycles. The summed E-state index contributed by atoms with van der Waals surface area (Å²) < 4.78 is 22.0. The Labute approximate surface area is 198 Å². The molecule has 34 heavy (non-hydrogen) atoms. The lowest BCUT2D eigenvalue weighted by atomic mass is 10.1. The van der Waals surface area contributed by atoms with Crippen molar-refractivity contribution < 1.29 is 23.5 Å². The number of nitrogens with one attached hydrogen (secondary N) is 1. The van der Waals surface area contributed by atoms with E-state index in [1.54, 1.807) is 31.2 Å². The van der Waals surface area contributed by atoms with Crippen LogP contribution in [0.1, 0.15) is 28.9 Å². The average Bonchev–Trinajstić information content (AvgIpc) is 3.24. The van der Waals surface area contributed by atoms with Crippen molar-refractivity contribution in [2.75, 3.05) is 25.6 Å². The predicted molar refractivity (Wildman–Crippen MR) is 128 cm³/mol. The van der Waals surface area contributed by atoms with Gasteiger partial charge in [0, 0.05) is 12.5 Å². The van der Waals surface area contributed by atoms with Gasteiger partial charge >= 0.3 is 0 Å². The number of benzene rings is 2. The van der Waals surface area contributed by atoms with Gasteiger partial charge < -0.3 is 24.1 Å². The summed E-state index contributed by atoms with van der Waals surface area (Å²) in [5, 5.41) is 15.6. The highest BCUT2D eigenvalue weighted by atomic mass is 16.5. The van der Waals surface area contributed by atoms with Crippen LogP contribution >= 0.6 is 0 Å². The van der Waals surface area contributed by atoms with Gasteiger partial charge in [-0.1, -0.05) is 23.4 Å². The van der Waals surface area contributed by atoms with Crippen LogP contribution in [0.4, 0.5) is 5.82 Å². The predicted octanol–water partition coefficient (Wildman–Crippen LogP) is 5.00. The third-order valence-corrected chi connectivity index (χ3v) is 4.88. The van der Waals surface area contributed by atoms with Gasteiger partial charge in [-0.3, -0.25) is 4.79 Å². The highest BCUT2D eigenvalue weighted by Gasteiger charge is 2.13. The molecule has 0 aliphatic rings. The minimum absolute atomic E-state index is 0.0834. The second kappa shape index (κ2) is 11.6. The molecule has 0 saturated carbocycles. The van der Waals surface area contributed by atoms with Crippen LogP contribution in [0, 0.1) is 32.1 Å². The molecule has 2 aromatic carbocycles. The molecule has 3 rings (SSSR count). The van der Waals surface area contributed by atoms with Crippen LogP contribution in [0.25, 0.3) is 6.08 Å². The van der Waals surface area contributed by atoms with Crippen LogP contribution in [0.2, 0.25) is 0 Å². The van der Waals surface area contributed by atoms with E-state index in [0.29, 0.717) is 42.5 Å². The quantitative estimate of drug-likeness (QED) is 0.257. The van der Waals surface area contributed by atoms with Gasteiger partial charge in [0.1, 0.15) is 23.2 Å². The fourth-order valence-electron chi connectivity index (χ4n) is 3.10. The van der Waals surface area contributed by atoms with Crippen LogP contribution in [0.3, 0.4) is 0 Å². The zero-order valence-electron chi connectivity index (χ0n) is 19.7. The molecule has 0 unspecified atom stereocenters. The Balaban J connectivity index is 1.58. The van der Waals surface area contributed by atoms with Crippen molar-refractivity contribution in [2.45, 2.75) is 27.2 Å². The van der Waals surface area contributed by atoms with E-state index >= 15 is 0 Å². The van der Waals surface area contributed by atoms with E-state index in [2.05, 4.69) is 16.5 Å². The van der Waals surface area contributed by atoms with Crippen LogP contribution in [0.15, 0.2) is 52.6 Å². The van der Waals surface area contributed by atoms with Crippen LogP contribution in [0.5, 0.6) is 17.2 Å². The monoisotopic (exact) mass is 461 g/mol. The summed E-state index contributed by atoms with van der Waals surface area (Å²) in [5.74, 6) is 2.14. The minimum atomic E-state index is -0.584. The Morgan fingerprint density at radius 3 is 2.50 bits per heavy atom. The molecule has 0 bridgehead atoms. The topological polar surface area (TPSA) is 107 Å². The van der Waals surface area contributed by atoms with E-state index in [1.807, 2.05) is 32.0 Å². The van der Waals surface area contributed by atoms with Crippen molar-refractivity contribution in [3.05, 3.63) is 70.5 Å². The van der Waals surface area contributed by atoms with Crippen molar-refractivity contribution in [3.8, 4) is 23.3 Å². The van der Waals surface area contributed by atoms with Gasteiger partial charge in [-0.2, -0.15) is 5.26 Å². The molecule has 0 atom stereocenters. The molecule has 0 fully saturated rings. The van der Waals surface area contributed by atoms with Crippen molar-refractivity contribution in [2.24, 2.45) is 0 Å². The Morgan fingerprint density at radius 2 is 1.82 bits per heavy atom. The molecular weight excluding hydrogens is 434 g/mol. The van der Waals surface area contributed by atoms with Gasteiger partial charge in [-0.15, -0.1) is 0 Å². The number of ether oxygens (including phenoxy) is 3. The third-order valence-electron chi connectivity index (χ3n) is 4.88. The number of carbonyl (C=O) groups excluding carboxylic acids is 1. The average molecular weight is 462 g/mol. The number of hydrogen-bond donors (Lipinski definition) is 1. The lowest BCUT2D eigenvalue weighted by Crippen LogP contribution is -2.13. The molecule has 0 aliphatic carbocycles. The number of carbonyl (C=O) groups is 1. The van der Waals surface area contributed by atoms with Gasteiger partial charge in [-0.25, -0.2) is 0 Å². The smallest absolute Gasteiger partial charge is 0.267 e. The number of aromatic nitrogens is 1. The first-order chi connectivity index (χ1) is 16.4. The molecule has 0 saturated heterocycles. The molecular formula is C26H27N3O5. The number of hydrogen-bond acceptors (Lipinski definition) is 7. The van der Waals surface area contributed by atoms with Crippen LogP contribution in [-0.4, -0.2) is 31.4 Å². The number of methoxy groups -OCH3 is 1. The minimum Gasteiger partial charge on any atom is -0.493 e. The molecule has 1 amide bonds. The Bertz CT molecular complexity index is 1220. The van der Waals surface area contributed by atoms with Gasteiger partial charge in [0.15, 0.2) is 17.3 Å². The van der Waals surface area contributed by atoms with Crippen molar-refractivity contribution in [1.82, 2.24) is 5.16 Å². The van der Waals surface area contributed by atoms with E-state index in [-0.39, 0.29) is 11.4 Å². The standard InChI is InChI=1S/C26H27N3O5/c1-17-6-7-18(2)23(12-17)33-11-5-10-32-22-9-8-20(15-24(22)31-4)14-21(16-27)26(30)28-25-13-19(3)34-29-25/h6-9,12-15H,5,10-11H2,1-4H3,(H,28,29,30). The Morgan fingerprint density at radius 1 is 1.06 bits per heavy atom. The summed E-state index contributed by atoms with van der Waals surface area (Å²) >= 11 is 0. The largest absolute Gasteiger partial charge is 0.493 e. The maximum Gasteiger partial charge on any atom is 0.267 e. The van der Waals surface area contributed by atoms with Crippen molar-refractivity contribution in [1.29, 1.82) is 5.26 Å². The van der Waals surface area contributed by atoms with Crippen molar-refractivity contribution >= 4 is 17.8 Å². The Hall–Kier alpha value is -4.25. The maximum atomic E-state index is 12.4. The fourth-order valence-corrected chi connectivity index (χ4v) is 3.10. The van der Waals surface area contributed by atoms with E-state index < -0.39 is 5.91 Å². The summed E-state index contributed by atoms with van der Waals surface area (Å²) in [6.45, 7) is 6.73. The molecule has 0 spiro atoms. The number of rotatable bonds is 10. The molecule has 176 valence electrons. The van der Waals surface area contributed by atoms with E-state index in [1.165, 1.54) is 13.2 Å². The molecule has 0 radical (unpaired) electrons. The highest BCUT2D eigenvalue weighted by molar-refractivity contribution is 6.09. The molecule has 8 nitrogen and oxygen atoms in total. The molecule has 1 heterocycles. The number of anilines is 1. The first kappa shape index (κ1) is 24.4. The summed E-state index contributed by atoms with van der Waals surface area (Å²) in [5.41, 5.74) is 2.78. The maximum absolute atomic E-state index is 12.4. The SMILES string of the molecule is COc1cc(C=C(C#N)C(=O)Nc2cc(C)on2)ccc1OCCCOc1cc(C)ccc1C. The second-order valence-corrected chi connectivity index (χ2v) is 7.68. The zero-order valence-corrected chi connectivity index (χ0v) is 19.7. The fraction of sp³-hybridized carbons (Fsp3) is 0.269. The first-order valence-electron chi connectivity index (χ1n) is 10.8. The van der Waals surface area contributed by atoms with Gasteiger partial charge in [0.05, 0.1) is 20.3 Å². The summed E-state index contributed by atoms with van der Waals surface area (Å²) in [7, 11) is 1.53. The van der Waals surface area contributed by atoms with Gasteiger partial charge in [0.25, 0.3) is 5.91 Å². The third kappa shape index (κ3) is 6.62. The lowest BCUT2D eigenvalue weighted by molar-refractivity contribution is -0.112. The molecule has 3 aromatic rings. The van der Waals surface area contributed by atoms with E-state index in [9.17, 15) is 10.1 Å². The Kier molecular flexibility index (Phi) is 8.30. The summed E-state index contributed by atoms with van der Waals surface area (Å²) in [4.78, 5) is 12.4. The lowest BCUT2D eigenvalue weighted by Gasteiger charge is -2.13.